The zero-order chi connectivity index (χ0) is 19.7. The number of nitrogens with zero attached hydrogens (tertiary/aromatic N) is 6. The predicted molar refractivity (Wildman–Crippen MR) is 106 cm³/mol. The fraction of sp³-hybridized carbons (Fsp3) is 0.368. The van der Waals surface area contributed by atoms with Crippen LogP contribution < -0.4 is 9.64 Å². The second kappa shape index (κ2) is 7.63. The van der Waals surface area contributed by atoms with Crippen LogP contribution in [0.5, 0.6) is 5.75 Å². The van der Waals surface area contributed by atoms with Gasteiger partial charge in [-0.25, -0.2) is 0 Å². The number of amides is 1. The number of benzene rings is 1. The van der Waals surface area contributed by atoms with Gasteiger partial charge in [-0.1, -0.05) is 17.7 Å². The van der Waals surface area contributed by atoms with Crippen LogP contribution in [0.15, 0.2) is 36.7 Å². The number of hydrogen-bond acceptors (Lipinski definition) is 6. The second-order valence-corrected chi connectivity index (χ2v) is 7.22. The zero-order valence-electron chi connectivity index (χ0n) is 15.7. The number of rotatable bonds is 4. The van der Waals surface area contributed by atoms with Crippen molar-refractivity contribution < 1.29 is 9.53 Å². The number of ether oxygens (including phenoxy) is 1. The number of halogens is 1. The second-order valence-electron chi connectivity index (χ2n) is 6.79. The molecule has 3 heterocycles. The maximum Gasteiger partial charge on any atom is 0.263 e. The lowest BCUT2D eigenvalue weighted by atomic mass is 10.2. The van der Waals surface area contributed by atoms with Crippen LogP contribution in [-0.2, 0) is 4.79 Å². The smallest absolute Gasteiger partial charge is 0.263 e. The number of aromatic nitrogens is 4. The van der Waals surface area contributed by atoms with Gasteiger partial charge in [0, 0.05) is 43.0 Å². The molecule has 146 valence electrons. The molecule has 1 saturated heterocycles. The fourth-order valence-electron chi connectivity index (χ4n) is 3.31. The average molecular weight is 401 g/mol. The first-order chi connectivity index (χ1) is 13.5. The van der Waals surface area contributed by atoms with Gasteiger partial charge in [0.05, 0.1) is 0 Å². The minimum atomic E-state index is -0.572. The number of hydrogen-bond donors (Lipinski definition) is 0. The summed E-state index contributed by atoms with van der Waals surface area (Å²) in [5.74, 6) is 2.00. The SMILES string of the molecule is Cc1cc(N2CCN(C(=O)[C@@H](C)Oc3cccc(Cl)c3)CC2)nc2nncn12. The molecule has 9 heteroatoms. The van der Waals surface area contributed by atoms with Crippen LogP contribution in [0, 0.1) is 6.92 Å². The minimum Gasteiger partial charge on any atom is -0.481 e. The molecule has 3 aromatic rings. The van der Waals surface area contributed by atoms with E-state index in [1.165, 1.54) is 0 Å². The minimum absolute atomic E-state index is 0.0309. The van der Waals surface area contributed by atoms with Crippen LogP contribution in [0.3, 0.4) is 0 Å². The van der Waals surface area contributed by atoms with Crippen LogP contribution in [-0.4, -0.2) is 62.7 Å². The molecule has 1 amide bonds. The quantitative estimate of drug-likeness (QED) is 0.668. The van der Waals surface area contributed by atoms with Crippen molar-refractivity contribution in [3.63, 3.8) is 0 Å². The number of piperazine rings is 1. The van der Waals surface area contributed by atoms with Gasteiger partial charge in [-0.15, -0.1) is 10.2 Å². The highest BCUT2D eigenvalue weighted by molar-refractivity contribution is 6.30. The molecule has 1 aliphatic rings. The highest BCUT2D eigenvalue weighted by Gasteiger charge is 2.27. The molecule has 1 aromatic carbocycles. The Morgan fingerprint density at radius 2 is 2.00 bits per heavy atom. The molecule has 0 unspecified atom stereocenters. The van der Waals surface area contributed by atoms with Crippen molar-refractivity contribution >= 4 is 29.1 Å². The van der Waals surface area contributed by atoms with Crippen molar-refractivity contribution in [2.45, 2.75) is 20.0 Å². The van der Waals surface area contributed by atoms with E-state index in [4.69, 9.17) is 16.3 Å². The van der Waals surface area contributed by atoms with Crippen LogP contribution in [0.1, 0.15) is 12.6 Å². The Balaban J connectivity index is 1.38. The standard InChI is InChI=1S/C19H21ClN6O2/c1-13-10-17(22-19-23-21-12-26(13)19)24-6-8-25(9-7-24)18(27)14(2)28-16-5-3-4-15(20)11-16/h3-5,10-12,14H,6-9H2,1-2H3/t14-/m1/s1. The number of fused-ring (bicyclic) bond motifs is 1. The molecular formula is C19H21ClN6O2. The first kappa shape index (κ1) is 18.5. The van der Waals surface area contributed by atoms with Crippen molar-refractivity contribution in [3.05, 3.63) is 47.4 Å². The molecule has 0 radical (unpaired) electrons. The van der Waals surface area contributed by atoms with E-state index in [-0.39, 0.29) is 5.91 Å². The summed E-state index contributed by atoms with van der Waals surface area (Å²) in [4.78, 5) is 21.3. The van der Waals surface area contributed by atoms with Gasteiger partial charge in [-0.05, 0) is 32.0 Å². The highest BCUT2D eigenvalue weighted by Crippen LogP contribution is 2.20. The molecule has 0 bridgehead atoms. The monoisotopic (exact) mass is 400 g/mol. The van der Waals surface area contributed by atoms with Crippen molar-refractivity contribution in [2.24, 2.45) is 0 Å². The van der Waals surface area contributed by atoms with Crippen LogP contribution in [0.25, 0.3) is 5.78 Å². The maximum absolute atomic E-state index is 12.7. The zero-order valence-corrected chi connectivity index (χ0v) is 16.5. The van der Waals surface area contributed by atoms with E-state index in [1.807, 2.05) is 22.3 Å². The van der Waals surface area contributed by atoms with Gasteiger partial charge in [0.25, 0.3) is 11.7 Å². The van der Waals surface area contributed by atoms with E-state index in [1.54, 1.807) is 37.5 Å². The lowest BCUT2D eigenvalue weighted by molar-refractivity contribution is -0.138. The summed E-state index contributed by atoms with van der Waals surface area (Å²) in [6.45, 7) is 6.38. The van der Waals surface area contributed by atoms with Gasteiger partial charge >= 0.3 is 0 Å². The average Bonchev–Trinajstić information content (AvgIpc) is 3.17. The highest BCUT2D eigenvalue weighted by atomic mass is 35.5. The molecule has 2 aromatic heterocycles. The van der Waals surface area contributed by atoms with Crippen molar-refractivity contribution in [2.75, 3.05) is 31.1 Å². The van der Waals surface area contributed by atoms with E-state index in [9.17, 15) is 4.79 Å². The van der Waals surface area contributed by atoms with Crippen LogP contribution >= 0.6 is 11.6 Å². The van der Waals surface area contributed by atoms with E-state index in [2.05, 4.69) is 20.1 Å². The summed E-state index contributed by atoms with van der Waals surface area (Å²) in [6, 6.07) is 9.08. The van der Waals surface area contributed by atoms with Gasteiger partial charge in [0.1, 0.15) is 17.9 Å². The van der Waals surface area contributed by atoms with Crippen molar-refractivity contribution in [1.82, 2.24) is 24.5 Å². The molecule has 1 atom stereocenters. The molecule has 0 spiro atoms. The van der Waals surface area contributed by atoms with Gasteiger partial charge in [-0.3, -0.25) is 9.20 Å². The lowest BCUT2D eigenvalue weighted by Crippen LogP contribution is -2.52. The largest absolute Gasteiger partial charge is 0.481 e. The first-order valence-electron chi connectivity index (χ1n) is 9.14. The molecule has 0 aliphatic carbocycles. The molecule has 8 nitrogen and oxygen atoms in total. The van der Waals surface area contributed by atoms with Crippen molar-refractivity contribution in [1.29, 1.82) is 0 Å². The first-order valence-corrected chi connectivity index (χ1v) is 9.52. The number of carbonyl (C=O) groups excluding carboxylic acids is 1. The molecule has 0 N–H and O–H groups in total. The summed E-state index contributed by atoms with van der Waals surface area (Å²) in [5.41, 5.74) is 1.02. The van der Waals surface area contributed by atoms with E-state index in [0.29, 0.717) is 42.7 Å². The Morgan fingerprint density at radius 1 is 1.21 bits per heavy atom. The summed E-state index contributed by atoms with van der Waals surface area (Å²) >= 11 is 5.97. The Bertz CT molecular complexity index is 999. The molecule has 1 fully saturated rings. The topological polar surface area (TPSA) is 75.9 Å². The van der Waals surface area contributed by atoms with Crippen LogP contribution in [0.2, 0.25) is 5.02 Å². The Labute approximate surface area is 167 Å². The predicted octanol–water partition coefficient (Wildman–Crippen LogP) is 2.20. The third-order valence-corrected chi connectivity index (χ3v) is 5.07. The van der Waals surface area contributed by atoms with E-state index in [0.717, 1.165) is 11.5 Å². The normalized spacial score (nSPS) is 15.7. The summed E-state index contributed by atoms with van der Waals surface area (Å²) in [6.07, 6.45) is 1.08. The third-order valence-electron chi connectivity index (χ3n) is 4.83. The number of aryl methyl sites for hydroxylation is 1. The van der Waals surface area contributed by atoms with E-state index < -0.39 is 6.10 Å². The van der Waals surface area contributed by atoms with Gasteiger partial charge < -0.3 is 14.5 Å². The summed E-state index contributed by atoms with van der Waals surface area (Å²) in [7, 11) is 0. The van der Waals surface area contributed by atoms with Gasteiger partial charge in [-0.2, -0.15) is 4.98 Å². The Hall–Kier alpha value is -2.87. The molecular weight excluding hydrogens is 380 g/mol. The van der Waals surface area contributed by atoms with Crippen molar-refractivity contribution in [3.8, 4) is 5.75 Å². The number of anilines is 1. The molecule has 4 rings (SSSR count). The third kappa shape index (κ3) is 3.73. The molecule has 28 heavy (non-hydrogen) atoms. The maximum atomic E-state index is 12.7. The van der Waals surface area contributed by atoms with E-state index >= 15 is 0 Å². The van der Waals surface area contributed by atoms with Gasteiger partial charge in [0.2, 0.25) is 0 Å². The van der Waals surface area contributed by atoms with Gasteiger partial charge in [0.15, 0.2) is 6.10 Å². The summed E-state index contributed by atoms with van der Waals surface area (Å²) < 4.78 is 7.60. The Morgan fingerprint density at radius 3 is 2.75 bits per heavy atom. The van der Waals surface area contributed by atoms with Crippen LogP contribution in [0.4, 0.5) is 5.82 Å². The fourth-order valence-corrected chi connectivity index (χ4v) is 3.50. The molecule has 1 aliphatic heterocycles. The Kier molecular flexibility index (Phi) is 5.04. The summed E-state index contributed by atoms with van der Waals surface area (Å²) in [5, 5.41) is 8.51. The number of carbonyl (C=O) groups is 1. The molecule has 0 saturated carbocycles. The lowest BCUT2D eigenvalue weighted by Gasteiger charge is -2.36.